The highest BCUT2D eigenvalue weighted by Crippen LogP contribution is 2.47. The first-order valence-corrected chi connectivity index (χ1v) is 12.1. The quantitative estimate of drug-likeness (QED) is 0.341. The fraction of sp³-hybridized carbons (Fsp3) is 0.0833. The lowest BCUT2D eigenvalue weighted by Crippen LogP contribution is -2.47. The van der Waals surface area contributed by atoms with Crippen LogP contribution in [0.3, 0.4) is 0 Å². The molecule has 2 N–H and O–H groups in total. The van der Waals surface area contributed by atoms with Gasteiger partial charge in [-0.1, -0.05) is 65.3 Å². The first kappa shape index (κ1) is 21.2. The summed E-state index contributed by atoms with van der Waals surface area (Å²) in [5, 5.41) is 16.5. The molecule has 7 nitrogen and oxygen atoms in total. The van der Waals surface area contributed by atoms with Crippen LogP contribution in [0.25, 0.3) is 11.3 Å². The molecule has 0 radical (unpaired) electrons. The van der Waals surface area contributed by atoms with E-state index in [0.29, 0.717) is 43.6 Å². The summed E-state index contributed by atoms with van der Waals surface area (Å²) in [5.41, 5.74) is 2.53. The molecule has 3 aromatic carbocycles. The van der Waals surface area contributed by atoms with Crippen LogP contribution in [0.15, 0.2) is 71.9 Å². The van der Waals surface area contributed by atoms with Crippen molar-refractivity contribution in [1.29, 1.82) is 0 Å². The third-order valence-corrected chi connectivity index (χ3v) is 6.98. The zero-order chi connectivity index (χ0) is 23.3. The van der Waals surface area contributed by atoms with Gasteiger partial charge in [-0.2, -0.15) is 4.98 Å². The minimum absolute atomic E-state index is 0.203. The Hall–Kier alpha value is -3.33. The molecule has 0 fully saturated rings. The van der Waals surface area contributed by atoms with Crippen molar-refractivity contribution in [3.05, 3.63) is 87.9 Å². The van der Waals surface area contributed by atoms with Gasteiger partial charge in [0, 0.05) is 27.0 Å². The van der Waals surface area contributed by atoms with Crippen LogP contribution in [0.2, 0.25) is 10.0 Å². The van der Waals surface area contributed by atoms with E-state index in [1.54, 1.807) is 18.2 Å². The van der Waals surface area contributed by atoms with Gasteiger partial charge >= 0.3 is 0 Å². The Morgan fingerprint density at radius 2 is 1.74 bits per heavy atom. The average molecular weight is 508 g/mol. The summed E-state index contributed by atoms with van der Waals surface area (Å²) in [6.45, 7) is 0. The molecule has 0 aliphatic carbocycles. The number of hydrogen-bond donors (Lipinski definition) is 2. The lowest BCUT2D eigenvalue weighted by molar-refractivity contribution is -0.128. The van der Waals surface area contributed by atoms with Crippen molar-refractivity contribution in [2.45, 2.75) is 16.6 Å². The number of ether oxygens (including phenoxy) is 1. The van der Waals surface area contributed by atoms with Gasteiger partial charge in [-0.3, -0.25) is 4.79 Å². The molecule has 4 aromatic rings. The number of hydrogen-bond acceptors (Lipinski definition) is 7. The van der Waals surface area contributed by atoms with E-state index in [4.69, 9.17) is 27.9 Å². The molecule has 1 atom stereocenters. The number of thioether (sulfide) groups is 1. The Balaban J connectivity index is 1.44. The van der Waals surface area contributed by atoms with Crippen LogP contribution in [0.5, 0.6) is 5.88 Å². The molecule has 0 saturated heterocycles. The summed E-state index contributed by atoms with van der Waals surface area (Å²) in [5.74, 6) is 0.451. The number of amides is 1. The maximum Gasteiger partial charge on any atom is 0.295 e. The van der Waals surface area contributed by atoms with Crippen LogP contribution in [0.4, 0.5) is 11.4 Å². The molecule has 168 valence electrons. The molecule has 10 heteroatoms. The Bertz CT molecular complexity index is 1450. The lowest BCUT2D eigenvalue weighted by atomic mass is 10.0. The van der Waals surface area contributed by atoms with Crippen LogP contribution in [-0.2, 0) is 16.3 Å². The highest BCUT2D eigenvalue weighted by molar-refractivity contribution is 7.98. The molecular weight excluding hydrogens is 493 g/mol. The molecule has 0 unspecified atom stereocenters. The Morgan fingerprint density at radius 3 is 2.59 bits per heavy atom. The van der Waals surface area contributed by atoms with Crippen LogP contribution >= 0.6 is 35.0 Å². The van der Waals surface area contributed by atoms with Gasteiger partial charge in [-0.05, 0) is 42.0 Å². The number of carbonyl (C=O) groups is 1. The molecule has 3 heterocycles. The number of carbonyl (C=O) groups excluding carboxylic acids is 1. The van der Waals surface area contributed by atoms with Crippen molar-refractivity contribution in [2.75, 3.05) is 10.6 Å². The van der Waals surface area contributed by atoms with Crippen molar-refractivity contribution >= 4 is 52.2 Å². The maximum atomic E-state index is 13.3. The van der Waals surface area contributed by atoms with Crippen LogP contribution in [0, 0.1) is 0 Å². The normalized spacial score (nSPS) is 17.6. The SMILES string of the molecule is O=C1Nc2ccc(Cl)cc2[C@@]12Nc1ccccc1-c1nnc(SCc3ccc(Cl)cc3)nc1O2. The zero-order valence-electron chi connectivity index (χ0n) is 17.4. The van der Waals surface area contributed by atoms with Gasteiger partial charge in [-0.25, -0.2) is 0 Å². The summed E-state index contributed by atoms with van der Waals surface area (Å²) in [6.07, 6.45) is 0. The van der Waals surface area contributed by atoms with E-state index in [-0.39, 0.29) is 11.8 Å². The second-order valence-electron chi connectivity index (χ2n) is 7.76. The third-order valence-electron chi connectivity index (χ3n) is 5.59. The summed E-state index contributed by atoms with van der Waals surface area (Å²) < 4.78 is 6.36. The average Bonchev–Trinajstić information content (AvgIpc) is 3.00. The smallest absolute Gasteiger partial charge is 0.295 e. The molecule has 34 heavy (non-hydrogen) atoms. The first-order chi connectivity index (χ1) is 16.5. The molecule has 1 aromatic heterocycles. The number of anilines is 2. The maximum absolute atomic E-state index is 13.3. The Morgan fingerprint density at radius 1 is 0.941 bits per heavy atom. The highest BCUT2D eigenvalue weighted by Gasteiger charge is 2.52. The fourth-order valence-corrected chi connectivity index (χ4v) is 4.99. The first-order valence-electron chi connectivity index (χ1n) is 10.3. The molecule has 2 aliphatic heterocycles. The predicted molar refractivity (Wildman–Crippen MR) is 132 cm³/mol. The van der Waals surface area contributed by atoms with Gasteiger partial charge in [0.2, 0.25) is 11.0 Å². The monoisotopic (exact) mass is 507 g/mol. The van der Waals surface area contributed by atoms with E-state index in [9.17, 15) is 4.79 Å². The number of benzene rings is 3. The Kier molecular flexibility index (Phi) is 5.09. The van der Waals surface area contributed by atoms with E-state index in [1.807, 2.05) is 48.5 Å². The molecule has 1 amide bonds. The molecule has 0 bridgehead atoms. The topological polar surface area (TPSA) is 89.0 Å². The number of para-hydroxylation sites is 1. The lowest BCUT2D eigenvalue weighted by Gasteiger charge is -2.28. The molecule has 1 spiro atoms. The van der Waals surface area contributed by atoms with Gasteiger partial charge in [0.15, 0.2) is 5.69 Å². The minimum atomic E-state index is -1.56. The standard InChI is InChI=1S/C24H15Cl2N5O2S/c25-14-7-5-13(6-8-14)12-34-23-28-21-20(30-31-23)16-3-1-2-4-18(16)29-24(33-21)17-11-15(26)9-10-19(17)27-22(24)32/h1-11,29H,12H2,(H,27,32)/t24-/m0/s1. The number of nitrogens with one attached hydrogen (secondary N) is 2. The van der Waals surface area contributed by atoms with Crippen LogP contribution in [-0.4, -0.2) is 21.1 Å². The van der Waals surface area contributed by atoms with Crippen molar-refractivity contribution < 1.29 is 9.53 Å². The number of halogens is 2. The molecular formula is C24H15Cl2N5O2S. The van der Waals surface area contributed by atoms with Crippen molar-refractivity contribution in [3.8, 4) is 17.1 Å². The van der Waals surface area contributed by atoms with Crippen molar-refractivity contribution in [1.82, 2.24) is 15.2 Å². The summed E-state index contributed by atoms with van der Waals surface area (Å²) in [6, 6.07) is 20.2. The van der Waals surface area contributed by atoms with Gasteiger partial charge in [0.05, 0.1) is 11.3 Å². The Labute approximate surface area is 208 Å². The summed E-state index contributed by atoms with van der Waals surface area (Å²) >= 11 is 13.7. The molecule has 0 saturated carbocycles. The van der Waals surface area contributed by atoms with Gasteiger partial charge < -0.3 is 15.4 Å². The highest BCUT2D eigenvalue weighted by atomic mass is 35.5. The number of rotatable bonds is 3. The van der Waals surface area contributed by atoms with Crippen molar-refractivity contribution in [2.24, 2.45) is 0 Å². The van der Waals surface area contributed by atoms with Crippen LogP contribution in [0.1, 0.15) is 11.1 Å². The summed E-state index contributed by atoms with van der Waals surface area (Å²) in [4.78, 5) is 17.9. The number of fused-ring (bicyclic) bond motifs is 5. The van der Waals surface area contributed by atoms with Crippen LogP contribution < -0.4 is 15.4 Å². The second-order valence-corrected chi connectivity index (χ2v) is 9.58. The minimum Gasteiger partial charge on any atom is -0.435 e. The van der Waals surface area contributed by atoms with Gasteiger partial charge in [-0.15, -0.1) is 10.2 Å². The number of aromatic nitrogens is 3. The van der Waals surface area contributed by atoms with E-state index in [1.165, 1.54) is 11.8 Å². The molecule has 6 rings (SSSR count). The third kappa shape index (κ3) is 3.55. The number of nitrogens with zero attached hydrogens (tertiary/aromatic N) is 3. The van der Waals surface area contributed by atoms with Gasteiger partial charge in [0.25, 0.3) is 11.6 Å². The van der Waals surface area contributed by atoms with Crippen molar-refractivity contribution in [3.63, 3.8) is 0 Å². The van der Waals surface area contributed by atoms with E-state index in [0.717, 1.165) is 11.1 Å². The molecule has 2 aliphatic rings. The second kappa shape index (κ2) is 8.16. The van der Waals surface area contributed by atoms with E-state index in [2.05, 4.69) is 25.8 Å². The largest absolute Gasteiger partial charge is 0.435 e. The zero-order valence-corrected chi connectivity index (χ0v) is 19.7. The van der Waals surface area contributed by atoms with E-state index < -0.39 is 5.72 Å². The van der Waals surface area contributed by atoms with E-state index >= 15 is 0 Å². The summed E-state index contributed by atoms with van der Waals surface area (Å²) in [7, 11) is 0. The van der Waals surface area contributed by atoms with Gasteiger partial charge in [0.1, 0.15) is 0 Å². The predicted octanol–water partition coefficient (Wildman–Crippen LogP) is 5.75. The fourth-order valence-electron chi connectivity index (χ4n) is 3.96.